The van der Waals surface area contributed by atoms with E-state index in [4.69, 9.17) is 10.5 Å². The molecule has 0 saturated carbocycles. The van der Waals surface area contributed by atoms with Crippen molar-refractivity contribution in [2.45, 2.75) is 13.3 Å². The van der Waals surface area contributed by atoms with Gasteiger partial charge in [-0.1, -0.05) is 12.1 Å². The Hall–Kier alpha value is -2.08. The fraction of sp³-hybridized carbons (Fsp3) is 0.467. The number of carbonyl (C=O) groups excluding carboxylic acids is 2. The molecule has 1 fully saturated rings. The molecule has 0 bridgehead atoms. The van der Waals surface area contributed by atoms with Gasteiger partial charge in [0.2, 0.25) is 11.8 Å². The maximum atomic E-state index is 12.2. The fourth-order valence-electron chi connectivity index (χ4n) is 2.41. The number of hydrogen-bond donors (Lipinski definition) is 2. The topological polar surface area (TPSA) is 84.7 Å². The molecule has 2 rings (SSSR count). The van der Waals surface area contributed by atoms with Crippen LogP contribution in [-0.2, 0) is 9.59 Å². The Morgan fingerprint density at radius 3 is 2.95 bits per heavy atom. The Balaban J connectivity index is 2.11. The molecule has 1 heterocycles. The molecule has 0 radical (unpaired) electrons. The SMILES string of the molecule is CCOc1ccccc1N1CC(C(=O)NCCN)CC1=O. The first kappa shape index (κ1) is 15.3. The Morgan fingerprint density at radius 2 is 2.24 bits per heavy atom. The van der Waals surface area contributed by atoms with E-state index < -0.39 is 0 Å². The number of hydrogen-bond acceptors (Lipinski definition) is 4. The summed E-state index contributed by atoms with van der Waals surface area (Å²) in [5.74, 6) is 0.148. The van der Waals surface area contributed by atoms with E-state index in [0.29, 0.717) is 32.0 Å². The third-order valence-corrected chi connectivity index (χ3v) is 3.40. The summed E-state index contributed by atoms with van der Waals surface area (Å²) in [6.07, 6.45) is 0.219. The summed E-state index contributed by atoms with van der Waals surface area (Å²) in [6, 6.07) is 7.38. The molecule has 6 heteroatoms. The maximum absolute atomic E-state index is 12.2. The number of benzene rings is 1. The number of anilines is 1. The van der Waals surface area contributed by atoms with Gasteiger partial charge in [0.15, 0.2) is 0 Å². The summed E-state index contributed by atoms with van der Waals surface area (Å²) in [7, 11) is 0. The first-order chi connectivity index (χ1) is 10.2. The highest BCUT2D eigenvalue weighted by Gasteiger charge is 2.35. The minimum Gasteiger partial charge on any atom is -0.492 e. The molecule has 1 aromatic carbocycles. The Morgan fingerprint density at radius 1 is 1.48 bits per heavy atom. The Bertz CT molecular complexity index is 519. The summed E-state index contributed by atoms with van der Waals surface area (Å²) < 4.78 is 5.55. The van der Waals surface area contributed by atoms with Crippen molar-refractivity contribution in [3.05, 3.63) is 24.3 Å². The number of rotatable bonds is 6. The number of amides is 2. The van der Waals surface area contributed by atoms with Crippen LogP contribution < -0.4 is 20.7 Å². The van der Waals surface area contributed by atoms with Gasteiger partial charge in [-0.05, 0) is 19.1 Å². The predicted octanol–water partition coefficient (Wildman–Crippen LogP) is 0.513. The summed E-state index contributed by atoms with van der Waals surface area (Å²) in [4.78, 5) is 25.8. The van der Waals surface area contributed by atoms with Gasteiger partial charge < -0.3 is 20.7 Å². The van der Waals surface area contributed by atoms with Gasteiger partial charge >= 0.3 is 0 Å². The van der Waals surface area contributed by atoms with Crippen LogP contribution in [0.2, 0.25) is 0 Å². The van der Waals surface area contributed by atoms with Crippen LogP contribution in [0, 0.1) is 5.92 Å². The molecule has 21 heavy (non-hydrogen) atoms. The number of para-hydroxylation sites is 2. The van der Waals surface area contributed by atoms with E-state index in [-0.39, 0.29) is 24.2 Å². The molecule has 2 amide bonds. The van der Waals surface area contributed by atoms with E-state index in [1.54, 1.807) is 4.90 Å². The van der Waals surface area contributed by atoms with Crippen LogP contribution in [-0.4, -0.2) is 38.1 Å². The van der Waals surface area contributed by atoms with Gasteiger partial charge in [-0.3, -0.25) is 9.59 Å². The van der Waals surface area contributed by atoms with Crippen LogP contribution in [0.25, 0.3) is 0 Å². The zero-order chi connectivity index (χ0) is 15.2. The fourth-order valence-corrected chi connectivity index (χ4v) is 2.41. The minimum absolute atomic E-state index is 0.0601. The number of nitrogens with zero attached hydrogens (tertiary/aromatic N) is 1. The first-order valence-electron chi connectivity index (χ1n) is 7.17. The molecule has 1 aliphatic rings. The molecule has 114 valence electrons. The lowest BCUT2D eigenvalue weighted by Gasteiger charge is -2.20. The van der Waals surface area contributed by atoms with Crippen molar-refractivity contribution in [3.63, 3.8) is 0 Å². The molecule has 3 N–H and O–H groups in total. The average molecular weight is 291 g/mol. The number of nitrogens with one attached hydrogen (secondary N) is 1. The highest BCUT2D eigenvalue weighted by Crippen LogP contribution is 2.32. The minimum atomic E-state index is -0.335. The normalized spacial score (nSPS) is 17.9. The number of ether oxygens (including phenoxy) is 1. The summed E-state index contributed by atoms with van der Waals surface area (Å²) in [5.41, 5.74) is 6.09. The van der Waals surface area contributed by atoms with E-state index in [0.717, 1.165) is 5.69 Å². The lowest BCUT2D eigenvalue weighted by Crippen LogP contribution is -2.35. The van der Waals surface area contributed by atoms with Crippen LogP contribution in [0.5, 0.6) is 5.75 Å². The number of carbonyl (C=O) groups is 2. The second-order valence-electron chi connectivity index (χ2n) is 4.89. The van der Waals surface area contributed by atoms with Crippen LogP contribution in [0.4, 0.5) is 5.69 Å². The van der Waals surface area contributed by atoms with E-state index >= 15 is 0 Å². The van der Waals surface area contributed by atoms with Crippen molar-refractivity contribution in [3.8, 4) is 5.75 Å². The summed E-state index contributed by atoms with van der Waals surface area (Å²) >= 11 is 0. The Labute approximate surface area is 124 Å². The molecule has 1 aromatic rings. The molecule has 1 saturated heterocycles. The van der Waals surface area contributed by atoms with Crippen molar-refractivity contribution in [1.29, 1.82) is 0 Å². The summed E-state index contributed by atoms with van der Waals surface area (Å²) in [5, 5.41) is 2.73. The first-order valence-corrected chi connectivity index (χ1v) is 7.17. The second-order valence-corrected chi connectivity index (χ2v) is 4.89. The molecule has 0 aliphatic carbocycles. The van der Waals surface area contributed by atoms with Crippen molar-refractivity contribution in [1.82, 2.24) is 5.32 Å². The monoisotopic (exact) mass is 291 g/mol. The second kappa shape index (κ2) is 7.08. The van der Waals surface area contributed by atoms with Crippen molar-refractivity contribution in [2.24, 2.45) is 11.7 Å². The van der Waals surface area contributed by atoms with Crippen LogP contribution in [0.1, 0.15) is 13.3 Å². The number of nitrogens with two attached hydrogens (primary N) is 1. The third-order valence-electron chi connectivity index (χ3n) is 3.40. The van der Waals surface area contributed by atoms with E-state index in [1.807, 2.05) is 31.2 Å². The van der Waals surface area contributed by atoms with Gasteiger partial charge in [-0.2, -0.15) is 0 Å². The molecule has 1 aliphatic heterocycles. The molecule has 1 atom stereocenters. The quantitative estimate of drug-likeness (QED) is 0.800. The zero-order valence-corrected chi connectivity index (χ0v) is 12.2. The molecule has 1 unspecified atom stereocenters. The van der Waals surface area contributed by atoms with Gasteiger partial charge in [0.25, 0.3) is 0 Å². The summed E-state index contributed by atoms with van der Waals surface area (Å²) in [6.45, 7) is 3.62. The lowest BCUT2D eigenvalue weighted by atomic mass is 10.1. The van der Waals surface area contributed by atoms with E-state index in [2.05, 4.69) is 5.32 Å². The molecular formula is C15H21N3O3. The average Bonchev–Trinajstić information content (AvgIpc) is 2.87. The van der Waals surface area contributed by atoms with E-state index in [1.165, 1.54) is 0 Å². The van der Waals surface area contributed by atoms with Gasteiger partial charge in [-0.25, -0.2) is 0 Å². The molecule has 6 nitrogen and oxygen atoms in total. The van der Waals surface area contributed by atoms with Gasteiger partial charge in [0.1, 0.15) is 5.75 Å². The molecule has 0 spiro atoms. The largest absolute Gasteiger partial charge is 0.492 e. The zero-order valence-electron chi connectivity index (χ0n) is 12.2. The molecular weight excluding hydrogens is 270 g/mol. The van der Waals surface area contributed by atoms with Crippen LogP contribution in [0.3, 0.4) is 0 Å². The van der Waals surface area contributed by atoms with Gasteiger partial charge in [-0.15, -0.1) is 0 Å². The Kier molecular flexibility index (Phi) is 5.16. The molecule has 0 aromatic heterocycles. The van der Waals surface area contributed by atoms with Crippen molar-refractivity contribution in [2.75, 3.05) is 31.1 Å². The smallest absolute Gasteiger partial charge is 0.227 e. The van der Waals surface area contributed by atoms with Crippen LogP contribution >= 0.6 is 0 Å². The van der Waals surface area contributed by atoms with Gasteiger partial charge in [0.05, 0.1) is 18.2 Å². The van der Waals surface area contributed by atoms with Crippen molar-refractivity contribution >= 4 is 17.5 Å². The van der Waals surface area contributed by atoms with Crippen LogP contribution in [0.15, 0.2) is 24.3 Å². The predicted molar refractivity (Wildman–Crippen MR) is 80.1 cm³/mol. The highest BCUT2D eigenvalue weighted by molar-refractivity contribution is 6.01. The maximum Gasteiger partial charge on any atom is 0.227 e. The van der Waals surface area contributed by atoms with Crippen molar-refractivity contribution < 1.29 is 14.3 Å². The standard InChI is InChI=1S/C15H21N3O3/c1-2-21-13-6-4-3-5-12(13)18-10-11(9-14(18)19)15(20)17-8-7-16/h3-6,11H,2,7-10,16H2,1H3,(H,17,20). The third kappa shape index (κ3) is 3.52. The van der Waals surface area contributed by atoms with Gasteiger partial charge in [0, 0.05) is 26.1 Å². The lowest BCUT2D eigenvalue weighted by molar-refractivity contribution is -0.126. The highest BCUT2D eigenvalue weighted by atomic mass is 16.5. The van der Waals surface area contributed by atoms with E-state index in [9.17, 15) is 9.59 Å².